The maximum Gasteiger partial charge on any atom is 0.339 e. The van der Waals surface area contributed by atoms with E-state index < -0.39 is 5.97 Å². The number of carbonyl (C=O) groups is 1. The van der Waals surface area contributed by atoms with Crippen LogP contribution in [0.25, 0.3) is 11.1 Å². The number of methoxy groups -OCH3 is 2. The van der Waals surface area contributed by atoms with Crippen LogP contribution in [-0.4, -0.2) is 25.2 Å². The smallest absolute Gasteiger partial charge is 0.339 e. The summed E-state index contributed by atoms with van der Waals surface area (Å²) < 4.78 is 9.76. The molecule has 0 atom stereocenters. The monoisotopic (exact) mass is 258 g/mol. The van der Waals surface area contributed by atoms with Gasteiger partial charge in [0.1, 0.15) is 5.75 Å². The lowest BCUT2D eigenvalue weighted by Gasteiger charge is -2.08. The molecule has 1 aromatic carbocycles. The number of nitrogen functional groups attached to an aromatic ring is 1. The van der Waals surface area contributed by atoms with Gasteiger partial charge in [-0.25, -0.2) is 4.79 Å². The molecule has 0 bridgehead atoms. The molecule has 0 saturated heterocycles. The van der Waals surface area contributed by atoms with Gasteiger partial charge in [-0.05, 0) is 23.8 Å². The van der Waals surface area contributed by atoms with Gasteiger partial charge in [0.05, 0.1) is 25.5 Å². The molecule has 0 aliphatic rings. The number of hydrogen-bond acceptors (Lipinski definition) is 5. The highest BCUT2D eigenvalue weighted by Crippen LogP contribution is 2.28. The van der Waals surface area contributed by atoms with E-state index in [2.05, 4.69) is 9.72 Å². The quantitative estimate of drug-likeness (QED) is 0.674. The zero-order valence-electron chi connectivity index (χ0n) is 10.7. The van der Waals surface area contributed by atoms with Crippen molar-refractivity contribution >= 4 is 11.7 Å². The summed E-state index contributed by atoms with van der Waals surface area (Å²) in [6, 6.07) is 7.11. The van der Waals surface area contributed by atoms with Crippen LogP contribution in [-0.2, 0) is 4.74 Å². The normalized spacial score (nSPS) is 10.0. The van der Waals surface area contributed by atoms with Crippen molar-refractivity contribution in [3.63, 3.8) is 0 Å². The fraction of sp³-hybridized carbons (Fsp3) is 0.143. The number of hydrogen-bond donors (Lipinski definition) is 1. The average molecular weight is 258 g/mol. The van der Waals surface area contributed by atoms with Gasteiger partial charge in [-0.1, -0.05) is 6.07 Å². The van der Waals surface area contributed by atoms with Crippen molar-refractivity contribution < 1.29 is 14.3 Å². The number of benzene rings is 1. The van der Waals surface area contributed by atoms with Gasteiger partial charge >= 0.3 is 5.97 Å². The number of nitrogens with two attached hydrogens (primary N) is 1. The molecule has 0 aliphatic carbocycles. The molecule has 0 amide bonds. The number of ether oxygens (including phenoxy) is 2. The van der Waals surface area contributed by atoms with Crippen molar-refractivity contribution in [3.05, 3.63) is 42.2 Å². The van der Waals surface area contributed by atoms with Crippen LogP contribution >= 0.6 is 0 Å². The van der Waals surface area contributed by atoms with Gasteiger partial charge in [-0.15, -0.1) is 0 Å². The van der Waals surface area contributed by atoms with E-state index in [1.54, 1.807) is 31.5 Å². The molecule has 2 rings (SSSR count). The van der Waals surface area contributed by atoms with Gasteiger partial charge in [0.25, 0.3) is 0 Å². The van der Waals surface area contributed by atoms with Crippen LogP contribution in [0, 0.1) is 0 Å². The van der Waals surface area contributed by atoms with Crippen LogP contribution in [0.4, 0.5) is 5.69 Å². The second kappa shape index (κ2) is 5.39. The summed E-state index contributed by atoms with van der Waals surface area (Å²) in [5.74, 6) is 0.191. The molecular formula is C14H14N2O3. The molecule has 5 nitrogen and oxygen atoms in total. The summed E-state index contributed by atoms with van der Waals surface area (Å²) in [6.45, 7) is 0. The van der Waals surface area contributed by atoms with Gasteiger partial charge in [-0.3, -0.25) is 4.98 Å². The lowest BCUT2D eigenvalue weighted by molar-refractivity contribution is 0.0600. The number of esters is 1. The lowest BCUT2D eigenvalue weighted by Crippen LogP contribution is -2.02. The van der Waals surface area contributed by atoms with Gasteiger partial charge in [0.2, 0.25) is 0 Å². The third kappa shape index (κ3) is 2.65. The van der Waals surface area contributed by atoms with E-state index >= 15 is 0 Å². The molecule has 1 aromatic heterocycles. The first kappa shape index (κ1) is 12.9. The zero-order chi connectivity index (χ0) is 13.8. The standard InChI is InChI=1S/C14H14N2O3/c1-18-13-4-3-9(6-12(13)15)10-5-11(8-16-7-10)14(17)19-2/h3-8H,15H2,1-2H3. The molecule has 2 aromatic rings. The molecule has 19 heavy (non-hydrogen) atoms. The minimum absolute atomic E-state index is 0.398. The van der Waals surface area contributed by atoms with E-state index in [0.29, 0.717) is 17.0 Å². The number of nitrogens with zero attached hydrogens (tertiary/aromatic N) is 1. The van der Waals surface area contributed by atoms with Gasteiger partial charge < -0.3 is 15.2 Å². The van der Waals surface area contributed by atoms with E-state index in [1.165, 1.54) is 13.3 Å². The Kier molecular flexibility index (Phi) is 3.66. The average Bonchev–Trinajstić information content (AvgIpc) is 2.46. The van der Waals surface area contributed by atoms with E-state index in [0.717, 1.165) is 11.1 Å². The largest absolute Gasteiger partial charge is 0.495 e. The maximum absolute atomic E-state index is 11.5. The Hall–Kier alpha value is -2.56. The Morgan fingerprint density at radius 3 is 2.58 bits per heavy atom. The van der Waals surface area contributed by atoms with Gasteiger partial charge in [0.15, 0.2) is 0 Å². The molecule has 1 heterocycles. The van der Waals surface area contributed by atoms with Crippen LogP contribution in [0.1, 0.15) is 10.4 Å². The number of pyridine rings is 1. The Labute approximate surface area is 111 Å². The highest BCUT2D eigenvalue weighted by atomic mass is 16.5. The summed E-state index contributed by atoms with van der Waals surface area (Å²) in [4.78, 5) is 15.5. The number of anilines is 1. The molecular weight excluding hydrogens is 244 g/mol. The first-order chi connectivity index (χ1) is 9.15. The topological polar surface area (TPSA) is 74.4 Å². The minimum atomic E-state index is -0.421. The number of rotatable bonds is 3. The van der Waals surface area contributed by atoms with Gasteiger partial charge in [-0.2, -0.15) is 0 Å². The molecule has 0 saturated carbocycles. The highest BCUT2D eigenvalue weighted by molar-refractivity contribution is 5.90. The Balaban J connectivity index is 2.41. The zero-order valence-corrected chi connectivity index (χ0v) is 10.7. The van der Waals surface area contributed by atoms with Crippen molar-refractivity contribution in [2.24, 2.45) is 0 Å². The van der Waals surface area contributed by atoms with Crippen molar-refractivity contribution in [2.75, 3.05) is 20.0 Å². The molecule has 0 radical (unpaired) electrons. The van der Waals surface area contributed by atoms with Crippen LogP contribution in [0.2, 0.25) is 0 Å². The Morgan fingerprint density at radius 2 is 1.95 bits per heavy atom. The summed E-state index contributed by atoms with van der Waals surface area (Å²) in [5, 5.41) is 0. The van der Waals surface area contributed by atoms with Crippen LogP contribution < -0.4 is 10.5 Å². The predicted octanol–water partition coefficient (Wildman–Crippen LogP) is 2.13. The Morgan fingerprint density at radius 1 is 1.16 bits per heavy atom. The predicted molar refractivity (Wildman–Crippen MR) is 72.0 cm³/mol. The first-order valence-electron chi connectivity index (χ1n) is 5.63. The van der Waals surface area contributed by atoms with Crippen LogP contribution in [0.3, 0.4) is 0 Å². The molecule has 5 heteroatoms. The van der Waals surface area contributed by atoms with Crippen molar-refractivity contribution in [1.82, 2.24) is 4.98 Å². The fourth-order valence-corrected chi connectivity index (χ4v) is 1.74. The Bertz CT molecular complexity index is 611. The molecule has 0 spiro atoms. The number of aromatic nitrogens is 1. The maximum atomic E-state index is 11.5. The van der Waals surface area contributed by atoms with E-state index in [1.807, 2.05) is 6.07 Å². The van der Waals surface area contributed by atoms with Crippen molar-refractivity contribution in [2.45, 2.75) is 0 Å². The second-order valence-corrected chi connectivity index (χ2v) is 3.91. The van der Waals surface area contributed by atoms with E-state index in [-0.39, 0.29) is 0 Å². The minimum Gasteiger partial charge on any atom is -0.495 e. The first-order valence-corrected chi connectivity index (χ1v) is 5.63. The molecule has 98 valence electrons. The van der Waals surface area contributed by atoms with Crippen molar-refractivity contribution in [1.29, 1.82) is 0 Å². The van der Waals surface area contributed by atoms with E-state index in [4.69, 9.17) is 10.5 Å². The van der Waals surface area contributed by atoms with Crippen LogP contribution in [0.5, 0.6) is 5.75 Å². The fourth-order valence-electron chi connectivity index (χ4n) is 1.74. The SMILES string of the molecule is COC(=O)c1cncc(-c2ccc(OC)c(N)c2)c1. The summed E-state index contributed by atoms with van der Waals surface area (Å²) in [7, 11) is 2.89. The third-order valence-corrected chi connectivity index (χ3v) is 2.72. The summed E-state index contributed by atoms with van der Waals surface area (Å²) in [6.07, 6.45) is 3.12. The second-order valence-electron chi connectivity index (χ2n) is 3.91. The van der Waals surface area contributed by atoms with Gasteiger partial charge in [0, 0.05) is 18.0 Å². The molecule has 0 aliphatic heterocycles. The lowest BCUT2D eigenvalue weighted by atomic mass is 10.1. The summed E-state index contributed by atoms with van der Waals surface area (Å²) >= 11 is 0. The number of carbonyl (C=O) groups excluding carboxylic acids is 1. The molecule has 0 unspecified atom stereocenters. The third-order valence-electron chi connectivity index (χ3n) is 2.72. The van der Waals surface area contributed by atoms with Crippen molar-refractivity contribution in [3.8, 4) is 16.9 Å². The highest BCUT2D eigenvalue weighted by Gasteiger charge is 2.09. The van der Waals surface area contributed by atoms with Crippen LogP contribution in [0.15, 0.2) is 36.7 Å². The van der Waals surface area contributed by atoms with E-state index in [9.17, 15) is 4.79 Å². The summed E-state index contributed by atoms with van der Waals surface area (Å²) in [5.41, 5.74) is 8.43. The molecule has 0 fully saturated rings. The molecule has 2 N–H and O–H groups in total.